The fourth-order valence-electron chi connectivity index (χ4n) is 1.08. The molecule has 0 rings (SSSR count). The molecule has 0 unspecified atom stereocenters. The summed E-state index contributed by atoms with van der Waals surface area (Å²) in [6, 6.07) is 0.565. The number of carbonyl (C=O) groups excluding carboxylic acids is 1. The first-order chi connectivity index (χ1) is 7.14. The summed E-state index contributed by atoms with van der Waals surface area (Å²) in [5.41, 5.74) is 0. The Morgan fingerprint density at radius 3 is 2.13 bits per heavy atom. The topological polar surface area (TPSA) is 74.2 Å². The molecular formula is C8H18O6Si. The van der Waals surface area contributed by atoms with Crippen molar-refractivity contribution in [1.29, 1.82) is 0 Å². The summed E-state index contributed by atoms with van der Waals surface area (Å²) < 4.78 is 20.2. The van der Waals surface area contributed by atoms with E-state index in [1.165, 1.54) is 21.3 Å². The highest BCUT2D eigenvalue weighted by Crippen LogP contribution is 2.14. The maximum atomic E-state index is 10.6. The van der Waals surface area contributed by atoms with E-state index in [9.17, 15) is 4.79 Å². The summed E-state index contributed by atoms with van der Waals surface area (Å²) >= 11 is 0. The van der Waals surface area contributed by atoms with Gasteiger partial charge in [-0.3, -0.25) is 0 Å². The lowest BCUT2D eigenvalue weighted by Gasteiger charge is -2.23. The van der Waals surface area contributed by atoms with Crippen molar-refractivity contribution < 1.29 is 27.9 Å². The van der Waals surface area contributed by atoms with Crippen molar-refractivity contribution in [1.82, 2.24) is 0 Å². The lowest BCUT2D eigenvalue weighted by molar-refractivity contribution is -0.146. The third kappa shape index (κ3) is 5.24. The van der Waals surface area contributed by atoms with Crippen LogP contribution in [-0.2, 0) is 22.8 Å². The lowest BCUT2D eigenvalue weighted by Crippen LogP contribution is -2.42. The van der Waals surface area contributed by atoms with Gasteiger partial charge in [-0.25, -0.2) is 4.79 Å². The summed E-state index contributed by atoms with van der Waals surface area (Å²) in [6.45, 7) is -0.369. The van der Waals surface area contributed by atoms with Gasteiger partial charge in [0.2, 0.25) is 0 Å². The number of hydrogen-bond acceptors (Lipinski definition) is 6. The minimum atomic E-state index is -2.55. The Hall–Kier alpha value is -0.473. The Labute approximate surface area is 90.5 Å². The van der Waals surface area contributed by atoms with E-state index in [2.05, 4.69) is 4.74 Å². The van der Waals surface area contributed by atoms with Gasteiger partial charge >= 0.3 is 14.8 Å². The lowest BCUT2D eigenvalue weighted by atomic mass is 10.5. The third-order valence-corrected chi connectivity index (χ3v) is 4.78. The van der Waals surface area contributed by atoms with Gasteiger partial charge in [0.05, 0.1) is 6.61 Å². The Kier molecular flexibility index (Phi) is 7.53. The quantitative estimate of drug-likeness (QED) is 0.358. The molecule has 0 aromatic rings. The number of ether oxygens (including phenoxy) is 1. The van der Waals surface area contributed by atoms with Crippen molar-refractivity contribution >= 4 is 14.8 Å². The standard InChI is InChI=1S/C8H18O6Si/c1-11-15(12-2,13-3)6-4-5-14-8(10)7-9/h9H,4-7H2,1-3H3. The van der Waals surface area contributed by atoms with Crippen LogP contribution < -0.4 is 0 Å². The second-order valence-electron chi connectivity index (χ2n) is 2.78. The van der Waals surface area contributed by atoms with Crippen LogP contribution in [0.15, 0.2) is 0 Å². The molecule has 0 atom stereocenters. The Bertz CT molecular complexity index is 174. The maximum absolute atomic E-state index is 10.6. The highest BCUT2D eigenvalue weighted by molar-refractivity contribution is 6.60. The molecule has 0 saturated carbocycles. The fraction of sp³-hybridized carbons (Fsp3) is 0.875. The molecule has 0 aromatic heterocycles. The second-order valence-corrected chi connectivity index (χ2v) is 5.87. The molecule has 0 aliphatic carbocycles. The minimum Gasteiger partial charge on any atom is -0.464 e. The van der Waals surface area contributed by atoms with Crippen molar-refractivity contribution in [3.8, 4) is 0 Å². The molecule has 0 radical (unpaired) electrons. The molecule has 0 aliphatic heterocycles. The van der Waals surface area contributed by atoms with E-state index in [1.54, 1.807) is 0 Å². The second kappa shape index (κ2) is 7.77. The number of hydrogen-bond donors (Lipinski definition) is 1. The first-order valence-electron chi connectivity index (χ1n) is 4.56. The predicted octanol–water partition coefficient (Wildman–Crippen LogP) is -0.210. The molecule has 0 bridgehead atoms. The molecule has 0 aromatic carbocycles. The molecule has 0 heterocycles. The number of rotatable bonds is 8. The van der Waals surface area contributed by atoms with Gasteiger partial charge in [0.15, 0.2) is 0 Å². The summed E-state index contributed by atoms with van der Waals surface area (Å²) in [5, 5.41) is 8.39. The smallest absolute Gasteiger partial charge is 0.464 e. The van der Waals surface area contributed by atoms with E-state index in [0.717, 1.165) is 0 Å². The zero-order chi connectivity index (χ0) is 11.7. The van der Waals surface area contributed by atoms with E-state index < -0.39 is 21.4 Å². The molecule has 6 nitrogen and oxygen atoms in total. The summed E-state index contributed by atoms with van der Waals surface area (Å²) in [7, 11) is 2.03. The van der Waals surface area contributed by atoms with Crippen LogP contribution in [0.4, 0.5) is 0 Å². The van der Waals surface area contributed by atoms with Gasteiger partial charge in [0.25, 0.3) is 0 Å². The molecule has 0 amide bonds. The fourth-order valence-corrected chi connectivity index (χ4v) is 2.77. The molecule has 0 aliphatic rings. The number of aliphatic hydroxyl groups is 1. The maximum Gasteiger partial charge on any atom is 0.500 e. The van der Waals surface area contributed by atoms with Gasteiger partial charge in [-0.1, -0.05) is 0 Å². The molecule has 1 N–H and O–H groups in total. The van der Waals surface area contributed by atoms with Crippen LogP contribution in [0.2, 0.25) is 6.04 Å². The normalized spacial score (nSPS) is 11.5. The van der Waals surface area contributed by atoms with Gasteiger partial charge in [-0.15, -0.1) is 0 Å². The zero-order valence-electron chi connectivity index (χ0n) is 9.32. The van der Waals surface area contributed by atoms with Crippen molar-refractivity contribution in [2.75, 3.05) is 34.5 Å². The molecule has 0 spiro atoms. The molecule has 15 heavy (non-hydrogen) atoms. The third-order valence-electron chi connectivity index (χ3n) is 1.95. The number of aliphatic hydroxyl groups excluding tert-OH is 1. The average molecular weight is 238 g/mol. The number of carbonyl (C=O) groups is 1. The van der Waals surface area contributed by atoms with Crippen LogP contribution in [0.1, 0.15) is 6.42 Å². The minimum absolute atomic E-state index is 0.226. The predicted molar refractivity (Wildman–Crippen MR) is 54.2 cm³/mol. The first kappa shape index (κ1) is 14.5. The van der Waals surface area contributed by atoms with Gasteiger partial charge in [0.1, 0.15) is 6.61 Å². The summed E-state index contributed by atoms with van der Waals surface area (Å²) in [6.07, 6.45) is 0.577. The Balaban J connectivity index is 3.76. The van der Waals surface area contributed by atoms with Crippen molar-refractivity contribution in [2.45, 2.75) is 12.5 Å². The van der Waals surface area contributed by atoms with Crippen LogP contribution >= 0.6 is 0 Å². The van der Waals surface area contributed by atoms with Crippen LogP contribution in [0.25, 0.3) is 0 Å². The summed E-state index contributed by atoms with van der Waals surface area (Å²) in [5.74, 6) is -0.630. The molecule has 0 fully saturated rings. The molecule has 90 valence electrons. The molecular weight excluding hydrogens is 220 g/mol. The monoisotopic (exact) mass is 238 g/mol. The van der Waals surface area contributed by atoms with Crippen LogP contribution in [0.5, 0.6) is 0 Å². The Morgan fingerprint density at radius 1 is 1.20 bits per heavy atom. The van der Waals surface area contributed by atoms with E-state index in [1.807, 2.05) is 0 Å². The largest absolute Gasteiger partial charge is 0.500 e. The van der Waals surface area contributed by atoms with Gasteiger partial charge in [-0.2, -0.15) is 0 Å². The first-order valence-corrected chi connectivity index (χ1v) is 6.49. The summed E-state index contributed by atoms with van der Waals surface area (Å²) in [4.78, 5) is 10.6. The van der Waals surface area contributed by atoms with Gasteiger partial charge in [0, 0.05) is 27.4 Å². The van der Waals surface area contributed by atoms with Crippen molar-refractivity contribution in [3.05, 3.63) is 0 Å². The highest BCUT2D eigenvalue weighted by Gasteiger charge is 2.36. The van der Waals surface area contributed by atoms with Crippen LogP contribution in [0, 0.1) is 0 Å². The van der Waals surface area contributed by atoms with E-state index >= 15 is 0 Å². The van der Waals surface area contributed by atoms with Crippen molar-refractivity contribution in [2.24, 2.45) is 0 Å². The number of esters is 1. The SMILES string of the molecule is CO[Si](CCCOC(=O)CO)(OC)OC. The van der Waals surface area contributed by atoms with E-state index in [4.69, 9.17) is 18.4 Å². The zero-order valence-corrected chi connectivity index (χ0v) is 10.3. The molecule has 7 heteroatoms. The van der Waals surface area contributed by atoms with E-state index in [0.29, 0.717) is 12.5 Å². The van der Waals surface area contributed by atoms with Crippen LogP contribution in [-0.4, -0.2) is 54.4 Å². The van der Waals surface area contributed by atoms with Gasteiger partial charge in [-0.05, 0) is 6.42 Å². The van der Waals surface area contributed by atoms with Crippen molar-refractivity contribution in [3.63, 3.8) is 0 Å². The average Bonchev–Trinajstić information content (AvgIpc) is 2.30. The van der Waals surface area contributed by atoms with E-state index in [-0.39, 0.29) is 6.61 Å². The molecule has 0 saturated heterocycles. The Morgan fingerprint density at radius 2 is 1.73 bits per heavy atom. The highest BCUT2D eigenvalue weighted by atomic mass is 28.4. The van der Waals surface area contributed by atoms with Gasteiger partial charge < -0.3 is 23.1 Å². The van der Waals surface area contributed by atoms with Crippen LogP contribution in [0.3, 0.4) is 0 Å².